The predicted octanol–water partition coefficient (Wildman–Crippen LogP) is 2.72. The van der Waals surface area contributed by atoms with E-state index in [1.54, 1.807) is 7.11 Å². The van der Waals surface area contributed by atoms with E-state index >= 15 is 0 Å². The Morgan fingerprint density at radius 2 is 2.24 bits per heavy atom. The maximum atomic E-state index is 5.81. The highest BCUT2D eigenvalue weighted by Gasteiger charge is 2.22. The lowest BCUT2D eigenvalue weighted by Gasteiger charge is -2.14. The molecule has 0 radical (unpaired) electrons. The largest absolute Gasteiger partial charge is 0.390 e. The summed E-state index contributed by atoms with van der Waals surface area (Å²) < 4.78 is 10.6. The van der Waals surface area contributed by atoms with Crippen LogP contribution in [-0.2, 0) is 4.74 Å². The van der Waals surface area contributed by atoms with Crippen LogP contribution < -0.4 is 5.73 Å². The van der Waals surface area contributed by atoms with Gasteiger partial charge in [0, 0.05) is 7.11 Å². The van der Waals surface area contributed by atoms with E-state index in [2.05, 4.69) is 10.1 Å². The molecule has 17 heavy (non-hydrogen) atoms. The number of hydrogen-bond donors (Lipinski definition) is 1. The lowest BCUT2D eigenvalue weighted by molar-refractivity contribution is 0.0556. The van der Waals surface area contributed by atoms with Crippen LogP contribution in [0.25, 0.3) is 11.5 Å². The Balaban J connectivity index is 2.30. The Labute approximate surface area is 104 Å². The molecule has 0 saturated carbocycles. The van der Waals surface area contributed by atoms with Gasteiger partial charge in [-0.1, -0.05) is 19.0 Å². The lowest BCUT2D eigenvalue weighted by atomic mass is 10.1. The summed E-state index contributed by atoms with van der Waals surface area (Å²) in [5.41, 5.74) is 6.59. The molecule has 1 unspecified atom stereocenters. The van der Waals surface area contributed by atoms with Gasteiger partial charge in [0.05, 0.1) is 10.6 Å². The fourth-order valence-corrected chi connectivity index (χ4v) is 2.27. The molecule has 0 bridgehead atoms. The van der Waals surface area contributed by atoms with Crippen molar-refractivity contribution in [3.05, 3.63) is 17.3 Å². The molecule has 2 rings (SSSR count). The third-order valence-electron chi connectivity index (χ3n) is 2.48. The Kier molecular flexibility index (Phi) is 3.44. The van der Waals surface area contributed by atoms with Gasteiger partial charge in [-0.2, -0.15) is 4.98 Å². The van der Waals surface area contributed by atoms with Crippen molar-refractivity contribution in [3.8, 4) is 11.5 Å². The number of thiophene rings is 1. The van der Waals surface area contributed by atoms with Crippen LogP contribution in [0.2, 0.25) is 0 Å². The first-order valence-electron chi connectivity index (χ1n) is 5.33. The van der Waals surface area contributed by atoms with Crippen molar-refractivity contribution in [1.29, 1.82) is 0 Å². The Hall–Kier alpha value is -1.40. The maximum Gasteiger partial charge on any atom is 0.261 e. The standard InChI is InChI=1S/C11H15N3O2S/c1-6(2)8(15-3)10-13-11(16-14-10)7-4-5-17-9(7)12/h4-6,8H,12H2,1-3H3. The molecule has 0 amide bonds. The molecule has 0 saturated heterocycles. The molecule has 0 aliphatic heterocycles. The fourth-order valence-electron chi connectivity index (χ4n) is 1.63. The first-order chi connectivity index (χ1) is 8.13. The fraction of sp³-hybridized carbons (Fsp3) is 0.455. The third kappa shape index (κ3) is 2.32. The van der Waals surface area contributed by atoms with Gasteiger partial charge in [-0.05, 0) is 17.4 Å². The van der Waals surface area contributed by atoms with Gasteiger partial charge in [-0.25, -0.2) is 0 Å². The van der Waals surface area contributed by atoms with Crippen molar-refractivity contribution < 1.29 is 9.26 Å². The summed E-state index contributed by atoms with van der Waals surface area (Å²) in [5.74, 6) is 1.29. The summed E-state index contributed by atoms with van der Waals surface area (Å²) in [6.07, 6.45) is -0.160. The van der Waals surface area contributed by atoms with Gasteiger partial charge in [0.2, 0.25) is 5.82 Å². The highest BCUT2D eigenvalue weighted by Crippen LogP contribution is 2.31. The van der Waals surface area contributed by atoms with E-state index < -0.39 is 0 Å². The zero-order valence-electron chi connectivity index (χ0n) is 10.0. The number of methoxy groups -OCH3 is 1. The molecule has 1 atom stereocenters. The maximum absolute atomic E-state index is 5.81. The monoisotopic (exact) mass is 253 g/mol. The molecule has 0 aliphatic rings. The highest BCUT2D eigenvalue weighted by atomic mass is 32.1. The van der Waals surface area contributed by atoms with Gasteiger partial charge >= 0.3 is 0 Å². The van der Waals surface area contributed by atoms with Crippen LogP contribution in [0.5, 0.6) is 0 Å². The summed E-state index contributed by atoms with van der Waals surface area (Å²) in [7, 11) is 1.64. The van der Waals surface area contributed by atoms with Crippen molar-refractivity contribution >= 4 is 16.3 Å². The van der Waals surface area contributed by atoms with Crippen LogP contribution in [0.4, 0.5) is 5.00 Å². The van der Waals surface area contributed by atoms with Gasteiger partial charge in [-0.15, -0.1) is 11.3 Å². The third-order valence-corrected chi connectivity index (χ3v) is 3.23. The number of nitrogens with zero attached hydrogens (tertiary/aromatic N) is 2. The minimum Gasteiger partial charge on any atom is -0.390 e. The van der Waals surface area contributed by atoms with Gasteiger partial charge in [0.25, 0.3) is 5.89 Å². The second-order valence-corrected chi connectivity index (χ2v) is 5.00. The average Bonchev–Trinajstić information content (AvgIpc) is 2.87. The summed E-state index contributed by atoms with van der Waals surface area (Å²) >= 11 is 1.45. The molecule has 2 N–H and O–H groups in total. The molecule has 2 heterocycles. The van der Waals surface area contributed by atoms with Crippen molar-refractivity contribution in [3.63, 3.8) is 0 Å². The smallest absolute Gasteiger partial charge is 0.261 e. The number of nitrogens with two attached hydrogens (primary N) is 1. The molecule has 0 aromatic carbocycles. The molecule has 5 nitrogen and oxygen atoms in total. The zero-order chi connectivity index (χ0) is 12.4. The number of aromatic nitrogens is 2. The van der Waals surface area contributed by atoms with Gasteiger partial charge in [0.1, 0.15) is 6.10 Å². The minimum atomic E-state index is -0.160. The van der Waals surface area contributed by atoms with Crippen molar-refractivity contribution in [2.45, 2.75) is 20.0 Å². The molecule has 0 spiro atoms. The van der Waals surface area contributed by atoms with Crippen molar-refractivity contribution in [1.82, 2.24) is 10.1 Å². The second-order valence-electron chi connectivity index (χ2n) is 4.06. The van der Waals surface area contributed by atoms with Crippen LogP contribution >= 0.6 is 11.3 Å². The minimum absolute atomic E-state index is 0.160. The Bertz CT molecular complexity index is 492. The van der Waals surface area contributed by atoms with Crippen LogP contribution in [0, 0.1) is 5.92 Å². The lowest BCUT2D eigenvalue weighted by Crippen LogP contribution is -2.10. The van der Waals surface area contributed by atoms with Gasteiger partial charge in [0.15, 0.2) is 0 Å². The Morgan fingerprint density at radius 3 is 2.76 bits per heavy atom. The number of ether oxygens (including phenoxy) is 1. The number of hydrogen-bond acceptors (Lipinski definition) is 6. The topological polar surface area (TPSA) is 74.2 Å². The van der Waals surface area contributed by atoms with E-state index in [9.17, 15) is 0 Å². The first-order valence-corrected chi connectivity index (χ1v) is 6.21. The molecular formula is C11H15N3O2S. The van der Waals surface area contributed by atoms with E-state index in [4.69, 9.17) is 15.0 Å². The second kappa shape index (κ2) is 4.85. The first kappa shape index (κ1) is 12.1. The summed E-state index contributed by atoms with van der Waals surface area (Å²) in [5, 5.41) is 6.52. The molecule has 0 aliphatic carbocycles. The normalized spacial score (nSPS) is 13.2. The molecular weight excluding hydrogens is 238 g/mol. The van der Waals surface area contributed by atoms with Crippen LogP contribution in [0.1, 0.15) is 25.8 Å². The van der Waals surface area contributed by atoms with Crippen LogP contribution in [0.3, 0.4) is 0 Å². The van der Waals surface area contributed by atoms with E-state index in [-0.39, 0.29) is 12.0 Å². The molecule has 92 valence electrons. The van der Waals surface area contributed by atoms with Crippen LogP contribution in [-0.4, -0.2) is 17.3 Å². The molecule has 0 fully saturated rings. The Morgan fingerprint density at radius 1 is 1.47 bits per heavy atom. The summed E-state index contributed by atoms with van der Waals surface area (Å²) in [6, 6.07) is 1.87. The predicted molar refractivity (Wildman–Crippen MR) is 66.6 cm³/mol. The van der Waals surface area contributed by atoms with E-state index in [1.807, 2.05) is 25.3 Å². The number of anilines is 1. The van der Waals surface area contributed by atoms with E-state index in [0.717, 1.165) is 5.56 Å². The molecule has 2 aromatic rings. The van der Waals surface area contributed by atoms with E-state index in [1.165, 1.54) is 11.3 Å². The molecule has 2 aromatic heterocycles. The van der Waals surface area contributed by atoms with Crippen LogP contribution in [0.15, 0.2) is 16.0 Å². The van der Waals surface area contributed by atoms with Gasteiger partial charge in [-0.3, -0.25) is 0 Å². The SMILES string of the molecule is COC(c1noc(-c2ccsc2N)n1)C(C)C. The average molecular weight is 253 g/mol. The quantitative estimate of drug-likeness (QED) is 0.906. The van der Waals surface area contributed by atoms with Crippen molar-refractivity contribution in [2.75, 3.05) is 12.8 Å². The number of nitrogen functional groups attached to an aromatic ring is 1. The summed E-state index contributed by atoms with van der Waals surface area (Å²) in [4.78, 5) is 4.33. The highest BCUT2D eigenvalue weighted by molar-refractivity contribution is 7.14. The number of rotatable bonds is 4. The summed E-state index contributed by atoms with van der Waals surface area (Å²) in [6.45, 7) is 4.09. The van der Waals surface area contributed by atoms with Gasteiger partial charge < -0.3 is 15.0 Å². The molecule has 6 heteroatoms. The van der Waals surface area contributed by atoms with Crippen molar-refractivity contribution in [2.24, 2.45) is 5.92 Å². The zero-order valence-corrected chi connectivity index (χ0v) is 10.8. The van der Waals surface area contributed by atoms with E-state index in [0.29, 0.717) is 16.7 Å².